The Bertz CT molecular complexity index is 202. The standard InChI is InChI=1S/Cl2F2H2O6P2.Li.H/c1-8-11(5,9-2)10-12(3,4,6)7;;/h6-7H;;/q;+1;-1. The fourth-order valence-electron chi connectivity index (χ4n) is 0.201. The molecule has 13 heavy (non-hydrogen) atoms. The first kappa shape index (κ1) is 16.9. The Labute approximate surface area is 95.1 Å². The fraction of sp³-hybridized carbons (Fsp3) is 0. The Morgan fingerprint density at radius 3 is 1.69 bits per heavy atom. The molecular weight excluding hydrogens is 274 g/mol. The van der Waals surface area contributed by atoms with Crippen molar-refractivity contribution in [3.8, 4) is 0 Å². The molecule has 0 radical (unpaired) electrons. The minimum Gasteiger partial charge on any atom is -1.00 e. The van der Waals surface area contributed by atoms with Crippen molar-refractivity contribution in [2.24, 2.45) is 0 Å². The van der Waals surface area contributed by atoms with Crippen molar-refractivity contribution in [1.82, 2.24) is 0 Å². The summed E-state index contributed by atoms with van der Waals surface area (Å²) in [5.74, 6) is 0. The third-order valence-electron chi connectivity index (χ3n) is 0.404. The number of hydrogen-bond donors (Lipinski definition) is 2. The van der Waals surface area contributed by atoms with E-state index in [4.69, 9.17) is 9.79 Å². The van der Waals surface area contributed by atoms with E-state index in [1.165, 1.54) is 0 Å². The monoisotopic (exact) mass is 276 g/mol. The van der Waals surface area contributed by atoms with Crippen molar-refractivity contribution in [2.75, 3.05) is 0 Å². The molecule has 0 aliphatic rings. The second kappa shape index (κ2) is 5.02. The molecule has 6 nitrogen and oxygen atoms in total. The second-order valence-corrected chi connectivity index (χ2v) is 5.59. The maximum Gasteiger partial charge on any atom is 1.00 e. The van der Waals surface area contributed by atoms with Crippen LogP contribution in [0.2, 0.25) is 0 Å². The number of halogens is 4. The molecule has 0 aromatic rings. The quantitative estimate of drug-likeness (QED) is 0.538. The third kappa shape index (κ3) is 8.49. The van der Waals surface area contributed by atoms with Crippen LogP contribution < -0.4 is 18.9 Å². The van der Waals surface area contributed by atoms with Crippen LogP contribution in [0.15, 0.2) is 0 Å². The zero-order chi connectivity index (χ0) is 10.1. The molecule has 0 saturated heterocycles. The molecule has 0 bridgehead atoms. The molecule has 0 rings (SSSR count). The van der Waals surface area contributed by atoms with Gasteiger partial charge in [0.15, 0.2) is 0 Å². The summed E-state index contributed by atoms with van der Waals surface area (Å²) in [5.41, 5.74) is 0. The van der Waals surface area contributed by atoms with Gasteiger partial charge in [0, 0.05) is 0 Å². The van der Waals surface area contributed by atoms with Gasteiger partial charge in [-0.3, -0.25) is 0 Å². The molecule has 0 atom stereocenters. The molecule has 0 spiro atoms. The smallest absolute Gasteiger partial charge is 1.00 e. The first-order valence-corrected chi connectivity index (χ1v) is 5.88. The van der Waals surface area contributed by atoms with Crippen molar-refractivity contribution in [2.45, 2.75) is 0 Å². The summed E-state index contributed by atoms with van der Waals surface area (Å²) >= 11 is 8.69. The van der Waals surface area contributed by atoms with Crippen LogP contribution in [0.25, 0.3) is 0 Å². The average molecular weight is 277 g/mol. The van der Waals surface area contributed by atoms with E-state index in [-0.39, 0.29) is 20.3 Å². The van der Waals surface area contributed by atoms with E-state index in [1.807, 2.05) is 0 Å². The molecule has 0 fully saturated rings. The zero-order valence-electron chi connectivity index (χ0n) is 6.93. The normalized spacial score (nSPS) is 15.7. The molecule has 13 heteroatoms. The summed E-state index contributed by atoms with van der Waals surface area (Å²) in [4.78, 5) is 15.5. The van der Waals surface area contributed by atoms with Crippen LogP contribution in [-0.4, -0.2) is 9.79 Å². The van der Waals surface area contributed by atoms with Crippen molar-refractivity contribution >= 4 is 39.5 Å². The summed E-state index contributed by atoms with van der Waals surface area (Å²) in [6.07, 6.45) is 0. The Hall–Kier alpha value is 1.50. The number of rotatable bonds is 4. The van der Waals surface area contributed by atoms with Crippen LogP contribution in [0.1, 0.15) is 1.43 Å². The topological polar surface area (TPSA) is 85.2 Å². The van der Waals surface area contributed by atoms with Crippen LogP contribution in [0, 0.1) is 0 Å². The summed E-state index contributed by atoms with van der Waals surface area (Å²) in [6.45, 7) is 0. The summed E-state index contributed by atoms with van der Waals surface area (Å²) in [6, 6.07) is 0. The van der Waals surface area contributed by atoms with Crippen LogP contribution in [-0.2, 0) is 17.0 Å². The van der Waals surface area contributed by atoms with Gasteiger partial charge in [-0.05, 0) is 0 Å². The number of phosphoric acid groups is 1. The minimum absolute atomic E-state index is 0. The average Bonchev–Trinajstić information content (AvgIpc) is 1.83. The van der Waals surface area contributed by atoms with E-state index in [9.17, 15) is 13.0 Å². The molecule has 0 aromatic heterocycles. The maximum atomic E-state index is 11.8. The van der Waals surface area contributed by atoms with Gasteiger partial charge in [-0.2, -0.15) is 0 Å². The van der Waals surface area contributed by atoms with E-state index < -0.39 is 15.7 Å². The molecule has 0 aliphatic carbocycles. The molecule has 78 valence electrons. The van der Waals surface area contributed by atoms with Gasteiger partial charge < -0.3 is 1.43 Å². The maximum absolute atomic E-state index is 11.8. The summed E-state index contributed by atoms with van der Waals surface area (Å²) in [7, 11) is -12.5. The van der Waals surface area contributed by atoms with Gasteiger partial charge in [-0.25, -0.2) is 0 Å². The van der Waals surface area contributed by atoms with Gasteiger partial charge in [-0.15, -0.1) is 0 Å². The first-order valence-electron chi connectivity index (χ1n) is 1.96. The van der Waals surface area contributed by atoms with Crippen molar-refractivity contribution in [3.63, 3.8) is 0 Å². The van der Waals surface area contributed by atoms with Gasteiger partial charge in [0.1, 0.15) is 0 Å². The minimum atomic E-state index is -7.47. The largest absolute Gasteiger partial charge is 1.00 e. The predicted octanol–water partition coefficient (Wildman–Crippen LogP) is -0.380. The Balaban J connectivity index is -0.000000605. The van der Waals surface area contributed by atoms with Gasteiger partial charge in [0.05, 0.1) is 0 Å². The molecule has 0 amide bonds. The first-order chi connectivity index (χ1) is 5.08. The van der Waals surface area contributed by atoms with Gasteiger partial charge >= 0.3 is 93.5 Å². The van der Waals surface area contributed by atoms with Crippen LogP contribution in [0.3, 0.4) is 0 Å². The molecular formula is H3Cl2F2LiO6P2. The van der Waals surface area contributed by atoms with Crippen LogP contribution in [0.5, 0.6) is 0 Å². The third-order valence-corrected chi connectivity index (χ3v) is 3.63. The summed E-state index contributed by atoms with van der Waals surface area (Å²) in [5, 5.41) is 0. The van der Waals surface area contributed by atoms with Crippen LogP contribution in [0.4, 0.5) is 8.39 Å². The van der Waals surface area contributed by atoms with Gasteiger partial charge in [0.25, 0.3) is 0 Å². The van der Waals surface area contributed by atoms with Crippen molar-refractivity contribution < 1.29 is 55.5 Å². The molecule has 0 heterocycles. The molecule has 2 N–H and O–H groups in total. The van der Waals surface area contributed by atoms with Gasteiger partial charge in [0.2, 0.25) is 0 Å². The Morgan fingerprint density at radius 2 is 1.62 bits per heavy atom. The van der Waals surface area contributed by atoms with E-state index in [2.05, 4.69) is 36.2 Å². The van der Waals surface area contributed by atoms with E-state index in [0.29, 0.717) is 0 Å². The van der Waals surface area contributed by atoms with E-state index in [0.717, 1.165) is 0 Å². The molecule has 0 aromatic carbocycles. The van der Waals surface area contributed by atoms with Crippen LogP contribution >= 0.6 is 39.5 Å². The predicted molar refractivity (Wildman–Crippen MR) is 37.3 cm³/mol. The van der Waals surface area contributed by atoms with Gasteiger partial charge in [-0.1, -0.05) is 0 Å². The summed E-state index contributed by atoms with van der Waals surface area (Å²) < 4.78 is 43.5. The molecule has 0 unspecified atom stereocenters. The number of hydrogen-bond acceptors (Lipinski definition) is 6. The SMILES string of the molecule is O=P(OCl)(OCl)OP(O)(O)(F)F.[H-].[Li+]. The fourth-order valence-corrected chi connectivity index (χ4v) is 2.45. The van der Waals surface area contributed by atoms with Crippen molar-refractivity contribution in [3.05, 3.63) is 0 Å². The van der Waals surface area contributed by atoms with E-state index in [1.54, 1.807) is 0 Å². The molecule has 0 saturated carbocycles. The Kier molecular flexibility index (Phi) is 6.53. The van der Waals surface area contributed by atoms with Crippen molar-refractivity contribution in [1.29, 1.82) is 0 Å². The van der Waals surface area contributed by atoms with E-state index >= 15 is 0 Å². The zero-order valence-corrected chi connectivity index (χ0v) is 9.23. The Morgan fingerprint density at radius 1 is 1.31 bits per heavy atom. The molecule has 0 aliphatic heterocycles. The second-order valence-electron chi connectivity index (χ2n) is 1.42.